The normalized spacial score (nSPS) is 19.3. The smallest absolute Gasteiger partial charge is 0.0466 e. The third-order valence-electron chi connectivity index (χ3n) is 3.77. The number of rotatable bonds is 6. The average molecular weight is 232 g/mol. The van der Waals surface area contributed by atoms with Gasteiger partial charge in [-0.05, 0) is 45.3 Å². The lowest BCUT2D eigenvalue weighted by atomic mass is 10.1. The van der Waals surface area contributed by atoms with E-state index in [1.807, 2.05) is 0 Å². The molecule has 2 unspecified atom stereocenters. The summed E-state index contributed by atoms with van der Waals surface area (Å²) in [6.07, 6.45) is 2.82. The summed E-state index contributed by atoms with van der Waals surface area (Å²) in [5.41, 5.74) is 1.40. The van der Waals surface area contributed by atoms with Crippen molar-refractivity contribution < 1.29 is 0 Å². The summed E-state index contributed by atoms with van der Waals surface area (Å²) in [4.78, 5) is 2.29. The van der Waals surface area contributed by atoms with Crippen molar-refractivity contribution in [2.45, 2.75) is 31.8 Å². The second-order valence-electron chi connectivity index (χ2n) is 5.42. The van der Waals surface area contributed by atoms with Gasteiger partial charge in [0.2, 0.25) is 0 Å². The molecule has 0 aromatic heterocycles. The van der Waals surface area contributed by atoms with Gasteiger partial charge >= 0.3 is 0 Å². The lowest BCUT2D eigenvalue weighted by molar-refractivity contribution is 0.277. The van der Waals surface area contributed by atoms with Crippen LogP contribution in [0.4, 0.5) is 0 Å². The molecule has 0 aliphatic heterocycles. The molecular weight excluding hydrogens is 208 g/mol. The zero-order valence-corrected chi connectivity index (χ0v) is 11.2. The molecule has 1 aliphatic carbocycles. The van der Waals surface area contributed by atoms with Crippen molar-refractivity contribution in [1.82, 2.24) is 10.2 Å². The van der Waals surface area contributed by atoms with Crippen molar-refractivity contribution in [2.75, 3.05) is 20.6 Å². The van der Waals surface area contributed by atoms with E-state index in [0.29, 0.717) is 12.1 Å². The quantitative estimate of drug-likeness (QED) is 0.811. The fourth-order valence-electron chi connectivity index (χ4n) is 2.33. The molecule has 2 rings (SSSR count). The lowest BCUT2D eigenvalue weighted by Crippen LogP contribution is -2.36. The van der Waals surface area contributed by atoms with Crippen LogP contribution in [0.2, 0.25) is 0 Å². The first kappa shape index (κ1) is 12.6. The fraction of sp³-hybridized carbons (Fsp3) is 0.600. The van der Waals surface area contributed by atoms with E-state index in [2.05, 4.69) is 61.6 Å². The van der Waals surface area contributed by atoms with E-state index in [1.165, 1.54) is 18.4 Å². The number of hydrogen-bond acceptors (Lipinski definition) is 2. The van der Waals surface area contributed by atoms with E-state index >= 15 is 0 Å². The van der Waals surface area contributed by atoms with E-state index in [1.54, 1.807) is 0 Å². The Bertz CT molecular complexity index is 330. The predicted molar refractivity (Wildman–Crippen MR) is 73.1 cm³/mol. The minimum Gasteiger partial charge on any atom is -0.312 e. The van der Waals surface area contributed by atoms with Gasteiger partial charge in [0.1, 0.15) is 0 Å². The first-order valence-electron chi connectivity index (χ1n) is 6.63. The number of likely N-dealkylation sites (N-methyl/N-ethyl adjacent to an activating group) is 1. The van der Waals surface area contributed by atoms with Gasteiger partial charge in [-0.25, -0.2) is 0 Å². The van der Waals surface area contributed by atoms with Gasteiger partial charge in [-0.3, -0.25) is 0 Å². The highest BCUT2D eigenvalue weighted by atomic mass is 15.1. The highest BCUT2D eigenvalue weighted by molar-refractivity contribution is 5.19. The van der Waals surface area contributed by atoms with Gasteiger partial charge in [0.05, 0.1) is 0 Å². The molecule has 0 amide bonds. The fourth-order valence-corrected chi connectivity index (χ4v) is 2.33. The second-order valence-corrected chi connectivity index (χ2v) is 5.42. The van der Waals surface area contributed by atoms with Gasteiger partial charge < -0.3 is 10.2 Å². The standard InChI is InChI=1S/C15H24N2/c1-12(13-9-10-13)16-11-15(17(2)3)14-7-5-4-6-8-14/h4-8,12-13,15-16H,9-11H2,1-3H3. The number of hydrogen-bond donors (Lipinski definition) is 1. The summed E-state index contributed by atoms with van der Waals surface area (Å²) in [6, 6.07) is 11.9. The van der Waals surface area contributed by atoms with Crippen molar-refractivity contribution in [3.05, 3.63) is 35.9 Å². The SMILES string of the molecule is CC(NCC(c1ccccc1)N(C)C)C1CC1. The van der Waals surface area contributed by atoms with Crippen molar-refractivity contribution in [1.29, 1.82) is 0 Å². The highest BCUT2D eigenvalue weighted by Gasteiger charge is 2.28. The monoisotopic (exact) mass is 232 g/mol. The maximum absolute atomic E-state index is 3.68. The molecule has 17 heavy (non-hydrogen) atoms. The molecule has 0 bridgehead atoms. The molecule has 0 spiro atoms. The van der Waals surface area contributed by atoms with Crippen LogP contribution in [0.25, 0.3) is 0 Å². The van der Waals surface area contributed by atoms with Crippen LogP contribution in [0.3, 0.4) is 0 Å². The Morgan fingerprint density at radius 2 is 1.88 bits per heavy atom. The molecule has 94 valence electrons. The van der Waals surface area contributed by atoms with Crippen LogP contribution in [-0.2, 0) is 0 Å². The zero-order valence-electron chi connectivity index (χ0n) is 11.2. The Morgan fingerprint density at radius 3 is 2.41 bits per heavy atom. The summed E-state index contributed by atoms with van der Waals surface area (Å²) >= 11 is 0. The van der Waals surface area contributed by atoms with Gasteiger partial charge in [0, 0.05) is 18.6 Å². The molecule has 0 saturated heterocycles. The van der Waals surface area contributed by atoms with E-state index in [9.17, 15) is 0 Å². The molecule has 2 nitrogen and oxygen atoms in total. The largest absolute Gasteiger partial charge is 0.312 e. The molecule has 1 aromatic rings. The topological polar surface area (TPSA) is 15.3 Å². The Hall–Kier alpha value is -0.860. The first-order chi connectivity index (χ1) is 8.18. The van der Waals surface area contributed by atoms with Gasteiger partial charge in [-0.1, -0.05) is 30.3 Å². The molecule has 2 heteroatoms. The second kappa shape index (κ2) is 5.65. The number of nitrogens with zero attached hydrogens (tertiary/aromatic N) is 1. The minimum absolute atomic E-state index is 0.470. The summed E-state index contributed by atoms with van der Waals surface area (Å²) < 4.78 is 0. The molecule has 1 aliphatic rings. The van der Waals surface area contributed by atoms with Crippen molar-refractivity contribution in [3.63, 3.8) is 0 Å². The van der Waals surface area contributed by atoms with Crippen molar-refractivity contribution >= 4 is 0 Å². The van der Waals surface area contributed by atoms with E-state index in [0.717, 1.165) is 12.5 Å². The van der Waals surface area contributed by atoms with Crippen LogP contribution >= 0.6 is 0 Å². The Labute approximate surface area is 105 Å². The van der Waals surface area contributed by atoms with E-state index < -0.39 is 0 Å². The Balaban J connectivity index is 1.93. The molecule has 1 fully saturated rings. The van der Waals surface area contributed by atoms with Crippen LogP contribution < -0.4 is 5.32 Å². The van der Waals surface area contributed by atoms with Crippen LogP contribution in [-0.4, -0.2) is 31.6 Å². The highest BCUT2D eigenvalue weighted by Crippen LogP contribution is 2.32. The van der Waals surface area contributed by atoms with Crippen LogP contribution in [0, 0.1) is 5.92 Å². The van der Waals surface area contributed by atoms with Crippen molar-refractivity contribution in [2.24, 2.45) is 5.92 Å². The molecule has 0 heterocycles. The van der Waals surface area contributed by atoms with Gasteiger partial charge in [-0.15, -0.1) is 0 Å². The van der Waals surface area contributed by atoms with Crippen molar-refractivity contribution in [3.8, 4) is 0 Å². The molecule has 2 atom stereocenters. The number of nitrogens with one attached hydrogen (secondary N) is 1. The van der Waals surface area contributed by atoms with E-state index in [-0.39, 0.29) is 0 Å². The van der Waals surface area contributed by atoms with E-state index in [4.69, 9.17) is 0 Å². The predicted octanol–water partition coefficient (Wildman–Crippen LogP) is 2.68. The van der Waals surface area contributed by atoms with Crippen LogP contribution in [0.5, 0.6) is 0 Å². The van der Waals surface area contributed by atoms with Gasteiger partial charge in [0.15, 0.2) is 0 Å². The number of benzene rings is 1. The Morgan fingerprint density at radius 1 is 1.24 bits per heavy atom. The van der Waals surface area contributed by atoms with Crippen LogP contribution in [0.1, 0.15) is 31.4 Å². The summed E-state index contributed by atoms with van der Waals surface area (Å²) in [6.45, 7) is 3.35. The van der Waals surface area contributed by atoms with Gasteiger partial charge in [-0.2, -0.15) is 0 Å². The summed E-state index contributed by atoms with van der Waals surface area (Å²) in [5.74, 6) is 0.925. The molecule has 1 aromatic carbocycles. The maximum Gasteiger partial charge on any atom is 0.0466 e. The average Bonchev–Trinajstić information content (AvgIpc) is 3.14. The Kier molecular flexibility index (Phi) is 4.19. The summed E-state index contributed by atoms with van der Waals surface area (Å²) in [5, 5.41) is 3.68. The van der Waals surface area contributed by atoms with Gasteiger partial charge in [0.25, 0.3) is 0 Å². The molecule has 1 saturated carbocycles. The molecular formula is C15H24N2. The van der Waals surface area contributed by atoms with Crippen LogP contribution in [0.15, 0.2) is 30.3 Å². The summed E-state index contributed by atoms with van der Waals surface area (Å²) in [7, 11) is 4.31. The lowest BCUT2D eigenvalue weighted by Gasteiger charge is -2.27. The molecule has 0 radical (unpaired) electrons. The maximum atomic E-state index is 3.68. The zero-order chi connectivity index (χ0) is 12.3. The molecule has 1 N–H and O–H groups in total. The third kappa shape index (κ3) is 3.55. The third-order valence-corrected chi connectivity index (χ3v) is 3.77. The first-order valence-corrected chi connectivity index (χ1v) is 6.63. The minimum atomic E-state index is 0.470.